The molecule has 0 radical (unpaired) electrons. The number of nitrogens with two attached hydrogens (primary N) is 1. The van der Waals surface area contributed by atoms with Crippen molar-refractivity contribution in [1.82, 2.24) is 15.5 Å². The Bertz CT molecular complexity index is 591. The number of rotatable bonds is 2. The van der Waals surface area contributed by atoms with Crippen molar-refractivity contribution < 1.29 is 9.32 Å². The fourth-order valence-electron chi connectivity index (χ4n) is 1.87. The van der Waals surface area contributed by atoms with Crippen LogP contribution in [-0.2, 0) is 13.1 Å². The second-order valence-electron chi connectivity index (χ2n) is 3.87. The summed E-state index contributed by atoms with van der Waals surface area (Å²) in [5.41, 5.74) is 8.34. The van der Waals surface area contributed by atoms with Crippen LogP contribution in [-0.4, -0.2) is 16.0 Å². The highest BCUT2D eigenvalue weighted by Gasteiger charge is 2.15. The van der Waals surface area contributed by atoms with Crippen molar-refractivity contribution in [2.45, 2.75) is 13.1 Å². The molecule has 17 heavy (non-hydrogen) atoms. The van der Waals surface area contributed by atoms with Gasteiger partial charge in [-0.25, -0.2) is 0 Å². The van der Waals surface area contributed by atoms with E-state index in [-0.39, 0.29) is 5.82 Å². The van der Waals surface area contributed by atoms with E-state index in [1.165, 1.54) is 11.1 Å². The lowest BCUT2D eigenvalue weighted by molar-refractivity contribution is 0.0987. The highest BCUT2D eigenvalue weighted by molar-refractivity contribution is 5.89. The minimum Gasteiger partial charge on any atom is -0.363 e. The number of carbonyl (C=O) groups is 1. The molecule has 0 saturated heterocycles. The quantitative estimate of drug-likeness (QED) is 0.780. The van der Waals surface area contributed by atoms with E-state index in [1.807, 2.05) is 18.2 Å². The highest BCUT2D eigenvalue weighted by Crippen LogP contribution is 2.23. The van der Waals surface area contributed by atoms with Gasteiger partial charge in [0.15, 0.2) is 0 Å². The van der Waals surface area contributed by atoms with Crippen LogP contribution in [0.4, 0.5) is 0 Å². The van der Waals surface area contributed by atoms with E-state index in [4.69, 9.17) is 10.3 Å². The molecule has 1 aromatic heterocycles. The van der Waals surface area contributed by atoms with Gasteiger partial charge in [0.05, 0.1) is 0 Å². The first kappa shape index (κ1) is 9.98. The Hall–Kier alpha value is -2.21. The Balaban J connectivity index is 2.00. The molecule has 0 bridgehead atoms. The molecule has 3 N–H and O–H groups in total. The topological polar surface area (TPSA) is 94.0 Å². The minimum atomic E-state index is -0.692. The van der Waals surface area contributed by atoms with Crippen molar-refractivity contribution in [2.24, 2.45) is 5.73 Å². The number of hydrogen-bond acceptors (Lipinski definition) is 5. The zero-order chi connectivity index (χ0) is 11.8. The van der Waals surface area contributed by atoms with E-state index >= 15 is 0 Å². The van der Waals surface area contributed by atoms with Gasteiger partial charge in [-0.2, -0.15) is 4.98 Å². The molecule has 0 fully saturated rings. The number of amides is 1. The number of hydrogen-bond donors (Lipinski definition) is 2. The van der Waals surface area contributed by atoms with Crippen LogP contribution in [0.3, 0.4) is 0 Å². The summed E-state index contributed by atoms with van der Waals surface area (Å²) in [4.78, 5) is 14.8. The van der Waals surface area contributed by atoms with Gasteiger partial charge in [-0.05, 0) is 23.3 Å². The van der Waals surface area contributed by atoms with Gasteiger partial charge >= 0.3 is 0 Å². The molecule has 0 aliphatic carbocycles. The third-order valence-electron chi connectivity index (χ3n) is 2.73. The number of nitrogens with zero attached hydrogens (tertiary/aromatic N) is 2. The Labute approximate surface area is 96.8 Å². The highest BCUT2D eigenvalue weighted by atomic mass is 16.5. The van der Waals surface area contributed by atoms with E-state index in [0.29, 0.717) is 5.89 Å². The van der Waals surface area contributed by atoms with Crippen molar-refractivity contribution in [3.63, 3.8) is 0 Å². The summed E-state index contributed by atoms with van der Waals surface area (Å²) in [6.45, 7) is 1.71. The molecule has 3 rings (SSSR count). The van der Waals surface area contributed by atoms with Crippen molar-refractivity contribution >= 4 is 5.91 Å². The van der Waals surface area contributed by atoms with Crippen LogP contribution in [0.1, 0.15) is 21.7 Å². The summed E-state index contributed by atoms with van der Waals surface area (Å²) in [6, 6.07) is 5.89. The predicted octanol–water partition coefficient (Wildman–Crippen LogP) is 0.439. The zero-order valence-electron chi connectivity index (χ0n) is 8.93. The second-order valence-corrected chi connectivity index (χ2v) is 3.87. The maximum Gasteiger partial charge on any atom is 0.290 e. The van der Waals surface area contributed by atoms with E-state index < -0.39 is 5.91 Å². The Morgan fingerprint density at radius 1 is 1.35 bits per heavy atom. The van der Waals surface area contributed by atoms with E-state index in [1.54, 1.807) is 0 Å². The fourth-order valence-corrected chi connectivity index (χ4v) is 1.87. The van der Waals surface area contributed by atoms with Crippen LogP contribution in [0, 0.1) is 0 Å². The molecular formula is C11H10N4O2. The lowest BCUT2D eigenvalue weighted by Crippen LogP contribution is -2.12. The third-order valence-corrected chi connectivity index (χ3v) is 2.73. The molecule has 86 valence electrons. The first-order valence-corrected chi connectivity index (χ1v) is 5.20. The lowest BCUT2D eigenvalue weighted by atomic mass is 10.1. The normalized spacial score (nSPS) is 13.6. The van der Waals surface area contributed by atoms with Gasteiger partial charge in [-0.15, -0.1) is 0 Å². The standard InChI is InChI=1S/C11H10N4O2/c12-9(16)10-14-11(17-15-10)6-1-2-7-4-13-5-8(7)3-6/h1-3,13H,4-5H2,(H2,12,16). The zero-order valence-corrected chi connectivity index (χ0v) is 8.93. The van der Waals surface area contributed by atoms with E-state index in [2.05, 4.69) is 15.5 Å². The van der Waals surface area contributed by atoms with Crippen LogP contribution in [0.15, 0.2) is 22.7 Å². The molecule has 1 aromatic carbocycles. The molecule has 0 spiro atoms. The van der Waals surface area contributed by atoms with Crippen molar-refractivity contribution in [3.05, 3.63) is 35.2 Å². The van der Waals surface area contributed by atoms with Gasteiger partial charge < -0.3 is 15.6 Å². The second kappa shape index (κ2) is 3.67. The number of carbonyl (C=O) groups excluding carboxylic acids is 1. The summed E-state index contributed by atoms with van der Waals surface area (Å²) in [7, 11) is 0. The van der Waals surface area contributed by atoms with Crippen LogP contribution in [0.25, 0.3) is 11.5 Å². The van der Waals surface area contributed by atoms with Crippen LogP contribution in [0.2, 0.25) is 0 Å². The summed E-state index contributed by atoms with van der Waals surface area (Å²) in [5, 5.41) is 6.76. The van der Waals surface area contributed by atoms with Gasteiger partial charge in [-0.3, -0.25) is 4.79 Å². The van der Waals surface area contributed by atoms with Gasteiger partial charge in [0.1, 0.15) is 0 Å². The minimum absolute atomic E-state index is 0.0985. The van der Waals surface area contributed by atoms with Crippen molar-refractivity contribution in [3.8, 4) is 11.5 Å². The maximum absolute atomic E-state index is 10.9. The Morgan fingerprint density at radius 3 is 2.94 bits per heavy atom. The number of fused-ring (bicyclic) bond motifs is 1. The molecule has 1 amide bonds. The molecule has 2 aromatic rings. The van der Waals surface area contributed by atoms with Crippen LogP contribution >= 0.6 is 0 Å². The molecular weight excluding hydrogens is 220 g/mol. The average molecular weight is 230 g/mol. The molecule has 1 aliphatic heterocycles. The van der Waals surface area contributed by atoms with Crippen molar-refractivity contribution in [2.75, 3.05) is 0 Å². The fraction of sp³-hybridized carbons (Fsp3) is 0.182. The molecule has 2 heterocycles. The Kier molecular flexibility index (Phi) is 2.15. The van der Waals surface area contributed by atoms with Gasteiger partial charge in [0, 0.05) is 18.7 Å². The number of aromatic nitrogens is 2. The SMILES string of the molecule is NC(=O)c1noc(-c2ccc3c(c2)CNC3)n1. The van der Waals surface area contributed by atoms with Crippen molar-refractivity contribution in [1.29, 1.82) is 0 Å². The monoisotopic (exact) mass is 230 g/mol. The Morgan fingerprint density at radius 2 is 2.18 bits per heavy atom. The number of primary amides is 1. The average Bonchev–Trinajstić information content (AvgIpc) is 2.97. The summed E-state index contributed by atoms with van der Waals surface area (Å²) < 4.78 is 4.99. The van der Waals surface area contributed by atoms with Crippen LogP contribution < -0.4 is 11.1 Å². The molecule has 0 unspecified atom stereocenters. The first-order chi connectivity index (χ1) is 8.24. The van der Waals surface area contributed by atoms with E-state index in [0.717, 1.165) is 18.7 Å². The summed E-state index contributed by atoms with van der Waals surface area (Å²) in [5.74, 6) is -0.477. The molecule has 1 aliphatic rings. The van der Waals surface area contributed by atoms with E-state index in [9.17, 15) is 4.79 Å². The van der Waals surface area contributed by atoms with Gasteiger partial charge in [0.25, 0.3) is 17.6 Å². The molecule has 6 heteroatoms. The smallest absolute Gasteiger partial charge is 0.290 e. The molecule has 0 atom stereocenters. The summed E-state index contributed by atoms with van der Waals surface area (Å²) in [6.07, 6.45) is 0. The van der Waals surface area contributed by atoms with Gasteiger partial charge in [0.2, 0.25) is 0 Å². The molecule has 6 nitrogen and oxygen atoms in total. The molecule has 0 saturated carbocycles. The number of nitrogens with one attached hydrogen (secondary N) is 1. The predicted molar refractivity (Wildman–Crippen MR) is 58.8 cm³/mol. The maximum atomic E-state index is 10.9. The third kappa shape index (κ3) is 1.68. The number of benzene rings is 1. The lowest BCUT2D eigenvalue weighted by Gasteiger charge is -1.99. The summed E-state index contributed by atoms with van der Waals surface area (Å²) >= 11 is 0. The largest absolute Gasteiger partial charge is 0.363 e. The first-order valence-electron chi connectivity index (χ1n) is 5.20. The van der Waals surface area contributed by atoms with Gasteiger partial charge in [-0.1, -0.05) is 11.2 Å². The van der Waals surface area contributed by atoms with Crippen LogP contribution in [0.5, 0.6) is 0 Å².